The van der Waals surface area contributed by atoms with Crippen molar-refractivity contribution in [3.05, 3.63) is 71.6 Å². The smallest absolute Gasteiger partial charge is 0.434 e. The van der Waals surface area contributed by atoms with Crippen molar-refractivity contribution in [1.29, 1.82) is 0 Å². The Morgan fingerprint density at radius 3 is 2.63 bits per heavy atom. The number of carbonyl (C=O) groups excluding carboxylic acids is 2. The maximum atomic E-state index is 13.6. The normalized spacial score (nSPS) is 11.2. The van der Waals surface area contributed by atoms with Gasteiger partial charge >= 0.3 is 12.1 Å². The minimum atomic E-state index is -4.90. The van der Waals surface area contributed by atoms with Crippen molar-refractivity contribution in [1.82, 2.24) is 14.8 Å². The highest BCUT2D eigenvalue weighted by atomic mass is 19.4. The Hall–Kier alpha value is -3.76. The van der Waals surface area contributed by atoms with Gasteiger partial charge in [-0.25, -0.2) is 14.5 Å². The van der Waals surface area contributed by atoms with E-state index in [0.717, 1.165) is 18.5 Å². The zero-order valence-corrected chi connectivity index (χ0v) is 15.4. The van der Waals surface area contributed by atoms with Gasteiger partial charge in [0.05, 0.1) is 18.5 Å². The average molecular weight is 422 g/mol. The molecule has 0 atom stereocenters. The van der Waals surface area contributed by atoms with Crippen molar-refractivity contribution in [2.75, 3.05) is 11.9 Å². The fourth-order valence-electron chi connectivity index (χ4n) is 2.64. The van der Waals surface area contributed by atoms with Crippen molar-refractivity contribution in [3.63, 3.8) is 0 Å². The highest BCUT2D eigenvalue weighted by molar-refractivity contribution is 6.04. The third-order valence-corrected chi connectivity index (χ3v) is 3.87. The Morgan fingerprint density at radius 2 is 1.97 bits per heavy atom. The zero-order chi connectivity index (χ0) is 21.9. The molecular weight excluding hydrogens is 408 g/mol. The lowest BCUT2D eigenvalue weighted by atomic mass is 10.2. The summed E-state index contributed by atoms with van der Waals surface area (Å²) in [5.74, 6) is -2.69. The molecule has 1 aromatic carbocycles. The molecule has 0 radical (unpaired) electrons. The van der Waals surface area contributed by atoms with Crippen molar-refractivity contribution in [2.45, 2.75) is 13.1 Å². The number of anilines is 1. The number of amides is 1. The maximum Gasteiger partial charge on any atom is 0.434 e. The summed E-state index contributed by atoms with van der Waals surface area (Å²) in [6.45, 7) is 1.37. The number of hydrogen-bond acceptors (Lipinski definition) is 5. The molecule has 2 aromatic heterocycles. The molecule has 0 bridgehead atoms. The van der Waals surface area contributed by atoms with Crippen LogP contribution in [-0.4, -0.2) is 33.2 Å². The van der Waals surface area contributed by atoms with Crippen LogP contribution in [0.5, 0.6) is 0 Å². The number of rotatable bonds is 5. The van der Waals surface area contributed by atoms with Crippen LogP contribution >= 0.6 is 0 Å². The van der Waals surface area contributed by atoms with Crippen LogP contribution in [0.25, 0.3) is 5.69 Å². The second kappa shape index (κ2) is 8.31. The van der Waals surface area contributed by atoms with Crippen molar-refractivity contribution >= 4 is 17.6 Å². The summed E-state index contributed by atoms with van der Waals surface area (Å²) in [6.07, 6.45) is -3.02. The molecular formula is C19H14F4N4O3. The van der Waals surface area contributed by atoms with E-state index in [2.05, 4.69) is 20.1 Å². The van der Waals surface area contributed by atoms with Crippen molar-refractivity contribution in [3.8, 4) is 5.69 Å². The largest absolute Gasteiger partial charge is 0.462 e. The van der Waals surface area contributed by atoms with Gasteiger partial charge in [0.15, 0.2) is 5.69 Å². The van der Waals surface area contributed by atoms with Crippen molar-refractivity contribution < 1.29 is 31.9 Å². The number of carbonyl (C=O) groups is 2. The topological polar surface area (TPSA) is 86.1 Å². The summed E-state index contributed by atoms with van der Waals surface area (Å²) in [6, 6.07) is 7.57. The first-order chi connectivity index (χ1) is 14.2. The molecule has 0 unspecified atom stereocenters. The molecule has 3 aromatic rings. The summed E-state index contributed by atoms with van der Waals surface area (Å²) in [7, 11) is 0. The summed E-state index contributed by atoms with van der Waals surface area (Å²) in [5.41, 5.74) is -1.98. The van der Waals surface area contributed by atoms with Crippen LogP contribution < -0.4 is 5.32 Å². The molecule has 0 aliphatic heterocycles. The second-order valence-corrected chi connectivity index (χ2v) is 5.91. The molecule has 0 fully saturated rings. The Morgan fingerprint density at radius 1 is 1.20 bits per heavy atom. The van der Waals surface area contributed by atoms with Gasteiger partial charge in [-0.05, 0) is 31.2 Å². The molecule has 7 nitrogen and oxygen atoms in total. The molecule has 1 amide bonds. The molecule has 11 heteroatoms. The van der Waals surface area contributed by atoms with Crippen LogP contribution in [0.4, 0.5) is 23.2 Å². The molecule has 30 heavy (non-hydrogen) atoms. The Bertz CT molecular complexity index is 1100. The van der Waals surface area contributed by atoms with Crippen LogP contribution in [0.3, 0.4) is 0 Å². The van der Waals surface area contributed by atoms with Crippen molar-refractivity contribution in [2.24, 2.45) is 0 Å². The van der Waals surface area contributed by atoms with E-state index >= 15 is 0 Å². The number of nitrogens with zero attached hydrogens (tertiary/aromatic N) is 3. The number of aromatic nitrogens is 3. The maximum absolute atomic E-state index is 13.6. The average Bonchev–Trinajstić information content (AvgIpc) is 3.14. The van der Waals surface area contributed by atoms with Crippen LogP contribution in [-0.2, 0) is 10.9 Å². The minimum absolute atomic E-state index is 0.0208. The van der Waals surface area contributed by atoms with E-state index in [-0.39, 0.29) is 23.5 Å². The molecule has 3 rings (SSSR count). The summed E-state index contributed by atoms with van der Waals surface area (Å²) < 4.78 is 59.2. The SMILES string of the molecule is CCOC(=O)c1cnn(-c2cccc(NC(=O)c3ccnc(F)c3)c2)c1C(F)(F)F. The van der Waals surface area contributed by atoms with Gasteiger partial charge in [-0.3, -0.25) is 4.79 Å². The lowest BCUT2D eigenvalue weighted by molar-refractivity contribution is -0.143. The van der Waals surface area contributed by atoms with Crippen LogP contribution in [0.2, 0.25) is 0 Å². The number of ether oxygens (including phenoxy) is 1. The summed E-state index contributed by atoms with van der Waals surface area (Å²) >= 11 is 0. The van der Waals surface area contributed by atoms with Crippen LogP contribution in [0, 0.1) is 5.95 Å². The molecule has 0 aliphatic carbocycles. The van der Waals surface area contributed by atoms with Gasteiger partial charge in [0.25, 0.3) is 5.91 Å². The van der Waals surface area contributed by atoms with Gasteiger partial charge in [0, 0.05) is 23.5 Å². The Labute approximate surface area is 167 Å². The third kappa shape index (κ3) is 4.45. The number of esters is 1. The Balaban J connectivity index is 1.96. The minimum Gasteiger partial charge on any atom is -0.462 e. The number of alkyl halides is 3. The predicted octanol–water partition coefficient (Wildman–Crippen LogP) is 3.85. The van der Waals surface area contributed by atoms with E-state index in [0.29, 0.717) is 4.68 Å². The van der Waals surface area contributed by atoms with Gasteiger partial charge < -0.3 is 10.1 Å². The standard InChI is InChI=1S/C19H14F4N4O3/c1-2-30-18(29)14-10-25-27(16(14)19(21,22)23)13-5-3-4-12(9-13)26-17(28)11-6-7-24-15(20)8-11/h3-10H,2H2,1H3,(H,26,28). The van der Waals surface area contributed by atoms with Gasteiger partial charge in [-0.1, -0.05) is 6.07 Å². The highest BCUT2D eigenvalue weighted by Crippen LogP contribution is 2.34. The number of hydrogen-bond donors (Lipinski definition) is 1. The van der Waals surface area contributed by atoms with Crippen LogP contribution in [0.1, 0.15) is 33.3 Å². The lowest BCUT2D eigenvalue weighted by Gasteiger charge is -2.13. The molecule has 156 valence electrons. The van der Waals surface area contributed by atoms with Crippen LogP contribution in [0.15, 0.2) is 48.8 Å². The highest BCUT2D eigenvalue weighted by Gasteiger charge is 2.41. The van der Waals surface area contributed by atoms with E-state index in [1.54, 1.807) is 0 Å². The molecule has 0 saturated carbocycles. The molecule has 0 aliphatic rings. The predicted molar refractivity (Wildman–Crippen MR) is 96.7 cm³/mol. The first-order valence-corrected chi connectivity index (χ1v) is 8.56. The fraction of sp³-hybridized carbons (Fsp3) is 0.158. The van der Waals surface area contributed by atoms with E-state index in [9.17, 15) is 27.2 Å². The lowest BCUT2D eigenvalue weighted by Crippen LogP contribution is -2.18. The first kappa shape index (κ1) is 21.0. The van der Waals surface area contributed by atoms with E-state index in [1.165, 1.54) is 37.3 Å². The van der Waals surface area contributed by atoms with E-state index in [1.807, 2.05) is 0 Å². The second-order valence-electron chi connectivity index (χ2n) is 5.91. The quantitative estimate of drug-likeness (QED) is 0.384. The monoisotopic (exact) mass is 422 g/mol. The molecule has 2 heterocycles. The summed E-state index contributed by atoms with van der Waals surface area (Å²) in [4.78, 5) is 27.5. The number of pyridine rings is 1. The molecule has 0 spiro atoms. The number of nitrogens with one attached hydrogen (secondary N) is 1. The fourth-order valence-corrected chi connectivity index (χ4v) is 2.64. The van der Waals surface area contributed by atoms with E-state index < -0.39 is 35.3 Å². The summed E-state index contributed by atoms with van der Waals surface area (Å²) in [5, 5.41) is 6.13. The first-order valence-electron chi connectivity index (χ1n) is 8.56. The Kier molecular flexibility index (Phi) is 5.81. The van der Waals surface area contributed by atoms with Gasteiger partial charge in [-0.2, -0.15) is 22.7 Å². The van der Waals surface area contributed by atoms with Gasteiger partial charge in [0.1, 0.15) is 5.56 Å². The molecule has 1 N–H and O–H groups in total. The number of halogens is 4. The van der Waals surface area contributed by atoms with Gasteiger partial charge in [0.2, 0.25) is 5.95 Å². The third-order valence-electron chi connectivity index (χ3n) is 3.87. The molecule has 0 saturated heterocycles. The zero-order valence-electron chi connectivity index (χ0n) is 15.4. The number of benzene rings is 1. The van der Waals surface area contributed by atoms with E-state index in [4.69, 9.17) is 0 Å². The van der Waals surface area contributed by atoms with Gasteiger partial charge in [-0.15, -0.1) is 0 Å².